The molecule has 1 nitrogen and oxygen atoms in total. The first kappa shape index (κ1) is 17.4. The van der Waals surface area contributed by atoms with E-state index in [0.29, 0.717) is 0 Å². The summed E-state index contributed by atoms with van der Waals surface area (Å²) in [6.07, 6.45) is 23.3. The maximum atomic E-state index is 3.86. The van der Waals surface area contributed by atoms with E-state index in [9.17, 15) is 0 Å². The van der Waals surface area contributed by atoms with Crippen molar-refractivity contribution in [3.05, 3.63) is 0 Å². The smallest absolute Gasteiger partial charge is 0.00203 e. The van der Waals surface area contributed by atoms with E-state index in [2.05, 4.69) is 5.32 Å². The number of fused-ring (bicyclic) bond motifs is 9. The summed E-state index contributed by atoms with van der Waals surface area (Å²) in [7, 11) is 0. The molecule has 0 spiro atoms. The van der Waals surface area contributed by atoms with E-state index in [-0.39, 0.29) is 0 Å². The van der Waals surface area contributed by atoms with Crippen molar-refractivity contribution in [2.75, 3.05) is 13.1 Å². The lowest BCUT2D eigenvalue weighted by molar-refractivity contribution is 0.185. The van der Waals surface area contributed by atoms with Gasteiger partial charge in [0.1, 0.15) is 0 Å². The Hall–Kier alpha value is -0.0400. The van der Waals surface area contributed by atoms with Gasteiger partial charge in [0.25, 0.3) is 0 Å². The summed E-state index contributed by atoms with van der Waals surface area (Å²) in [4.78, 5) is 0. The van der Waals surface area contributed by atoms with Crippen LogP contribution >= 0.6 is 0 Å². The molecule has 1 heterocycles. The molecule has 1 aliphatic heterocycles. The van der Waals surface area contributed by atoms with Crippen LogP contribution in [-0.2, 0) is 0 Å². The molecule has 24 heavy (non-hydrogen) atoms. The second-order valence-electron chi connectivity index (χ2n) is 10.2. The quantitative estimate of drug-likeness (QED) is 0.559. The van der Waals surface area contributed by atoms with Crippen LogP contribution in [0.5, 0.6) is 0 Å². The van der Waals surface area contributed by atoms with Crippen molar-refractivity contribution in [2.24, 2.45) is 35.5 Å². The molecule has 1 N–H and O–H groups in total. The van der Waals surface area contributed by atoms with Gasteiger partial charge in [-0.05, 0) is 87.1 Å². The third-order valence-corrected chi connectivity index (χ3v) is 8.21. The molecule has 138 valence electrons. The normalized spacial score (nSPS) is 45.0. The van der Waals surface area contributed by atoms with Crippen molar-refractivity contribution in [3.8, 4) is 0 Å². The molecule has 0 aromatic carbocycles. The average molecular weight is 332 g/mol. The number of rotatable bonds is 0. The number of nitrogens with one attached hydrogen (secondary N) is 1. The van der Waals surface area contributed by atoms with Crippen molar-refractivity contribution >= 4 is 0 Å². The fourth-order valence-electron chi connectivity index (χ4n) is 6.86. The van der Waals surface area contributed by atoms with Gasteiger partial charge >= 0.3 is 0 Å². The molecule has 6 unspecified atom stereocenters. The molecule has 0 aromatic rings. The maximum absolute atomic E-state index is 3.86. The minimum Gasteiger partial charge on any atom is -0.316 e. The first-order valence-corrected chi connectivity index (χ1v) is 11.6. The Morgan fingerprint density at radius 1 is 0.375 bits per heavy atom. The van der Waals surface area contributed by atoms with E-state index in [1.807, 2.05) is 0 Å². The molecule has 1 heteroatoms. The van der Waals surface area contributed by atoms with Gasteiger partial charge in [0.2, 0.25) is 0 Å². The Morgan fingerprint density at radius 2 is 0.792 bits per heavy atom. The van der Waals surface area contributed by atoms with Gasteiger partial charge < -0.3 is 5.32 Å². The van der Waals surface area contributed by atoms with E-state index < -0.39 is 0 Å². The molecule has 3 saturated carbocycles. The zero-order valence-electron chi connectivity index (χ0n) is 16.0. The van der Waals surface area contributed by atoms with Crippen LogP contribution in [0.4, 0.5) is 0 Å². The Balaban J connectivity index is 1.55. The van der Waals surface area contributed by atoms with Gasteiger partial charge in [-0.1, -0.05) is 57.8 Å². The van der Waals surface area contributed by atoms with Crippen molar-refractivity contribution < 1.29 is 0 Å². The Labute approximate surface area is 150 Å². The van der Waals surface area contributed by atoms with Gasteiger partial charge in [0, 0.05) is 0 Å². The van der Waals surface area contributed by atoms with Gasteiger partial charge in [0.05, 0.1) is 0 Å². The van der Waals surface area contributed by atoms with Crippen LogP contribution in [0.15, 0.2) is 0 Å². The lowest BCUT2D eigenvalue weighted by atomic mass is 9.72. The molecular formula is C23H41N. The van der Waals surface area contributed by atoms with E-state index in [4.69, 9.17) is 0 Å². The molecule has 4 rings (SSSR count). The van der Waals surface area contributed by atoms with Gasteiger partial charge in [-0.25, -0.2) is 0 Å². The molecule has 1 saturated heterocycles. The fourth-order valence-corrected chi connectivity index (χ4v) is 6.86. The van der Waals surface area contributed by atoms with Crippen LogP contribution in [0, 0.1) is 35.5 Å². The zero-order valence-corrected chi connectivity index (χ0v) is 16.0. The fraction of sp³-hybridized carbons (Fsp3) is 1.00. The topological polar surface area (TPSA) is 12.0 Å². The Bertz CT molecular complexity index is 344. The minimum absolute atomic E-state index is 0.989. The third kappa shape index (κ3) is 4.77. The highest BCUT2D eigenvalue weighted by Gasteiger charge is 2.30. The maximum Gasteiger partial charge on any atom is -0.00203 e. The summed E-state index contributed by atoms with van der Waals surface area (Å²) in [5.41, 5.74) is 0. The van der Waals surface area contributed by atoms with Crippen LogP contribution in [0.1, 0.15) is 96.3 Å². The van der Waals surface area contributed by atoms with Crippen LogP contribution < -0.4 is 5.32 Å². The van der Waals surface area contributed by atoms with E-state index in [1.54, 1.807) is 64.2 Å². The van der Waals surface area contributed by atoms with Crippen molar-refractivity contribution in [2.45, 2.75) is 96.3 Å². The lowest BCUT2D eigenvalue weighted by Crippen LogP contribution is -2.25. The summed E-state index contributed by atoms with van der Waals surface area (Å²) in [5.74, 6) is 6.22. The highest BCUT2D eigenvalue weighted by molar-refractivity contribution is 4.84. The summed E-state index contributed by atoms with van der Waals surface area (Å²) < 4.78 is 0. The predicted molar refractivity (Wildman–Crippen MR) is 103 cm³/mol. The third-order valence-electron chi connectivity index (χ3n) is 8.21. The monoisotopic (exact) mass is 331 g/mol. The molecule has 4 fully saturated rings. The summed E-state index contributed by atoms with van der Waals surface area (Å²) in [6.45, 7) is 2.65. The first-order valence-electron chi connectivity index (χ1n) is 11.6. The van der Waals surface area contributed by atoms with Gasteiger partial charge in [-0.3, -0.25) is 0 Å². The van der Waals surface area contributed by atoms with Crippen molar-refractivity contribution in [1.82, 2.24) is 5.32 Å². The summed E-state index contributed by atoms with van der Waals surface area (Å²) >= 11 is 0. The second kappa shape index (κ2) is 8.56. The van der Waals surface area contributed by atoms with Gasteiger partial charge in [-0.2, -0.15) is 0 Å². The minimum atomic E-state index is 0.989. The van der Waals surface area contributed by atoms with Crippen LogP contribution in [0.3, 0.4) is 0 Å². The van der Waals surface area contributed by atoms with E-state index >= 15 is 0 Å². The Kier molecular flexibility index (Phi) is 6.20. The standard InChI is InChI=1S/C23H41N/c1-2-4-18-6-7-19(5-3-1)13-21-9-8-20(12-18)14-22-10-11-23(15-21)17-24-16-22/h18-24H,1-17H2. The largest absolute Gasteiger partial charge is 0.316 e. The molecular weight excluding hydrogens is 290 g/mol. The zero-order chi connectivity index (χ0) is 16.2. The van der Waals surface area contributed by atoms with Gasteiger partial charge in [0.15, 0.2) is 0 Å². The Morgan fingerprint density at radius 3 is 1.33 bits per heavy atom. The van der Waals surface area contributed by atoms with Crippen LogP contribution in [0.2, 0.25) is 0 Å². The molecule has 0 radical (unpaired) electrons. The van der Waals surface area contributed by atoms with E-state index in [0.717, 1.165) is 35.5 Å². The highest BCUT2D eigenvalue weighted by atomic mass is 14.9. The number of hydrogen-bond donors (Lipinski definition) is 1. The first-order chi connectivity index (χ1) is 11.8. The van der Waals surface area contributed by atoms with Crippen molar-refractivity contribution in [3.63, 3.8) is 0 Å². The van der Waals surface area contributed by atoms with E-state index in [1.165, 1.54) is 45.2 Å². The van der Waals surface area contributed by atoms with Crippen LogP contribution in [0.25, 0.3) is 0 Å². The second-order valence-corrected chi connectivity index (χ2v) is 10.2. The predicted octanol–water partition coefficient (Wildman–Crippen LogP) is 6.18. The number of hydrogen-bond acceptors (Lipinski definition) is 1. The lowest BCUT2D eigenvalue weighted by Gasteiger charge is -2.33. The van der Waals surface area contributed by atoms with Crippen molar-refractivity contribution in [1.29, 1.82) is 0 Å². The summed E-state index contributed by atoms with van der Waals surface area (Å²) in [5, 5.41) is 3.86. The molecule has 0 aromatic heterocycles. The molecule has 3 aliphatic carbocycles. The highest BCUT2D eigenvalue weighted by Crippen LogP contribution is 2.41. The molecule has 6 bridgehead atoms. The molecule has 0 amide bonds. The molecule has 4 aliphatic rings. The van der Waals surface area contributed by atoms with Crippen LogP contribution in [-0.4, -0.2) is 13.1 Å². The SMILES string of the molecule is C1CCC2CCC(CC1)CC1CCC(C2)CC2CCC(CNC2)C1. The average Bonchev–Trinajstić information content (AvgIpc) is 2.74. The summed E-state index contributed by atoms with van der Waals surface area (Å²) in [6, 6.07) is 0. The van der Waals surface area contributed by atoms with Gasteiger partial charge in [-0.15, -0.1) is 0 Å². The molecule has 6 atom stereocenters.